The van der Waals surface area contributed by atoms with Gasteiger partial charge in [-0.15, -0.1) is 0 Å². The van der Waals surface area contributed by atoms with Gasteiger partial charge in [-0.1, -0.05) is 18.2 Å². The van der Waals surface area contributed by atoms with Crippen molar-refractivity contribution in [3.8, 4) is 0 Å². The van der Waals surface area contributed by atoms with Crippen molar-refractivity contribution < 1.29 is 4.21 Å². The van der Waals surface area contributed by atoms with Crippen molar-refractivity contribution in [3.63, 3.8) is 0 Å². The molecule has 1 heterocycles. The Morgan fingerprint density at radius 3 is 2.75 bits per heavy atom. The Labute approximate surface area is 73.4 Å². The first-order chi connectivity index (χ1) is 5.79. The maximum Gasteiger partial charge on any atom is 0.120 e. The molecule has 12 heavy (non-hydrogen) atoms. The molecule has 1 aromatic carbocycles. The van der Waals surface area contributed by atoms with Crippen LogP contribution in [0.4, 0.5) is 0 Å². The first-order valence-electron chi connectivity index (χ1n) is 3.69. The van der Waals surface area contributed by atoms with Crippen molar-refractivity contribution in [2.24, 2.45) is 0 Å². The maximum atomic E-state index is 11.2. The summed E-state index contributed by atoms with van der Waals surface area (Å²) < 4.78 is 13.0. The van der Waals surface area contributed by atoms with E-state index in [1.54, 1.807) is 10.2 Å². The predicted octanol–water partition coefficient (Wildman–Crippen LogP) is 1.78. The summed E-state index contributed by atoms with van der Waals surface area (Å²) in [6, 6.07) is 9.88. The van der Waals surface area contributed by atoms with E-state index >= 15 is 0 Å². The molecule has 0 aliphatic heterocycles. The first kappa shape index (κ1) is 7.55. The number of hydrogen-bond donors (Lipinski definition) is 0. The Bertz CT molecular complexity index is 433. The number of aromatic nitrogens is 1. The average Bonchev–Trinajstić information content (AvgIpc) is 2.47. The summed E-state index contributed by atoms with van der Waals surface area (Å²) in [5, 5.41) is 1.13. The van der Waals surface area contributed by atoms with Crippen molar-refractivity contribution in [2.75, 3.05) is 6.26 Å². The summed E-state index contributed by atoms with van der Waals surface area (Å²) in [7, 11) is -0.956. The largest absolute Gasteiger partial charge is 0.267 e. The van der Waals surface area contributed by atoms with Crippen LogP contribution in [-0.4, -0.2) is 14.4 Å². The number of benzene rings is 1. The van der Waals surface area contributed by atoms with E-state index in [1.165, 1.54) is 0 Å². The second kappa shape index (κ2) is 2.75. The van der Waals surface area contributed by atoms with E-state index in [0.29, 0.717) is 0 Å². The fourth-order valence-electron chi connectivity index (χ4n) is 1.28. The van der Waals surface area contributed by atoms with Gasteiger partial charge < -0.3 is 0 Å². The van der Waals surface area contributed by atoms with Crippen molar-refractivity contribution in [2.45, 2.75) is 0 Å². The second-order valence-electron chi connectivity index (χ2n) is 2.62. The van der Waals surface area contributed by atoms with Gasteiger partial charge in [-0.3, -0.25) is 3.97 Å². The van der Waals surface area contributed by atoms with Crippen LogP contribution in [0.2, 0.25) is 0 Å². The topological polar surface area (TPSA) is 22.0 Å². The molecule has 62 valence electrons. The van der Waals surface area contributed by atoms with Crippen molar-refractivity contribution in [1.29, 1.82) is 0 Å². The Balaban J connectivity index is 2.79. The fraction of sp³-hybridized carbons (Fsp3) is 0.111. The highest BCUT2D eigenvalue weighted by atomic mass is 32.2. The van der Waals surface area contributed by atoms with Gasteiger partial charge in [0.2, 0.25) is 0 Å². The monoisotopic (exact) mass is 179 g/mol. The third-order valence-electron chi connectivity index (χ3n) is 1.84. The summed E-state index contributed by atoms with van der Waals surface area (Å²) in [6.07, 6.45) is 3.52. The van der Waals surface area contributed by atoms with Crippen LogP contribution in [0, 0.1) is 0 Å². The van der Waals surface area contributed by atoms with Gasteiger partial charge in [-0.2, -0.15) is 0 Å². The maximum absolute atomic E-state index is 11.2. The van der Waals surface area contributed by atoms with Crippen LogP contribution in [0.3, 0.4) is 0 Å². The zero-order chi connectivity index (χ0) is 8.55. The summed E-state index contributed by atoms with van der Waals surface area (Å²) in [4.78, 5) is 0. The zero-order valence-electron chi connectivity index (χ0n) is 6.73. The van der Waals surface area contributed by atoms with Crippen LogP contribution >= 0.6 is 0 Å². The van der Waals surface area contributed by atoms with E-state index in [4.69, 9.17) is 0 Å². The molecular formula is C9H9NOS. The van der Waals surface area contributed by atoms with Gasteiger partial charge in [0.1, 0.15) is 11.0 Å². The lowest BCUT2D eigenvalue weighted by Crippen LogP contribution is -1.98. The molecule has 0 saturated carbocycles. The molecule has 0 radical (unpaired) electrons. The molecule has 0 spiro atoms. The second-order valence-corrected chi connectivity index (χ2v) is 3.87. The molecule has 0 amide bonds. The lowest BCUT2D eigenvalue weighted by molar-refractivity contribution is 0.682. The molecule has 0 N–H and O–H groups in total. The SMILES string of the molecule is CS(=O)n1ccc2ccccc21. The minimum atomic E-state index is -0.956. The van der Waals surface area contributed by atoms with Gasteiger partial charge in [-0.25, -0.2) is 4.21 Å². The molecule has 2 rings (SSSR count). The van der Waals surface area contributed by atoms with Gasteiger partial charge in [0.25, 0.3) is 0 Å². The summed E-state index contributed by atoms with van der Waals surface area (Å²) in [5.74, 6) is 0. The number of hydrogen-bond acceptors (Lipinski definition) is 1. The molecule has 0 aliphatic carbocycles. The molecule has 0 fully saturated rings. The van der Waals surface area contributed by atoms with Crippen LogP contribution in [0.25, 0.3) is 10.9 Å². The third-order valence-corrected chi connectivity index (χ3v) is 2.71. The normalized spacial score (nSPS) is 13.4. The fourth-order valence-corrected chi connectivity index (χ4v) is 1.96. The molecule has 1 unspecified atom stereocenters. The Morgan fingerprint density at radius 2 is 2.00 bits per heavy atom. The van der Waals surface area contributed by atoms with E-state index in [-0.39, 0.29) is 0 Å². The number of rotatable bonds is 1. The van der Waals surface area contributed by atoms with E-state index in [2.05, 4.69) is 0 Å². The van der Waals surface area contributed by atoms with Gasteiger partial charge >= 0.3 is 0 Å². The molecule has 3 heteroatoms. The number of para-hydroxylation sites is 1. The van der Waals surface area contributed by atoms with Gasteiger partial charge in [0.15, 0.2) is 0 Å². The lowest BCUT2D eigenvalue weighted by atomic mass is 10.3. The van der Waals surface area contributed by atoms with Crippen LogP contribution in [0.15, 0.2) is 36.5 Å². The van der Waals surface area contributed by atoms with Gasteiger partial charge in [0, 0.05) is 17.8 Å². The number of fused-ring (bicyclic) bond motifs is 1. The molecule has 0 aliphatic rings. The van der Waals surface area contributed by atoms with Gasteiger partial charge in [0.05, 0.1) is 5.52 Å². The minimum Gasteiger partial charge on any atom is -0.267 e. The summed E-state index contributed by atoms with van der Waals surface area (Å²) in [5.41, 5.74) is 1.03. The summed E-state index contributed by atoms with van der Waals surface area (Å²) in [6.45, 7) is 0. The molecular weight excluding hydrogens is 170 g/mol. The van der Waals surface area contributed by atoms with E-state index in [9.17, 15) is 4.21 Å². The van der Waals surface area contributed by atoms with Gasteiger partial charge in [-0.05, 0) is 12.1 Å². The van der Waals surface area contributed by atoms with Crippen LogP contribution in [-0.2, 0) is 11.0 Å². The van der Waals surface area contributed by atoms with Crippen molar-refractivity contribution >= 4 is 21.9 Å². The Morgan fingerprint density at radius 1 is 1.25 bits per heavy atom. The minimum absolute atomic E-state index is 0.956. The van der Waals surface area contributed by atoms with Crippen molar-refractivity contribution in [1.82, 2.24) is 3.97 Å². The smallest absolute Gasteiger partial charge is 0.120 e. The highest BCUT2D eigenvalue weighted by molar-refractivity contribution is 7.82. The molecule has 0 bridgehead atoms. The number of nitrogens with zero attached hydrogens (tertiary/aromatic N) is 1. The predicted molar refractivity (Wildman–Crippen MR) is 51.4 cm³/mol. The Kier molecular flexibility index (Phi) is 1.73. The zero-order valence-corrected chi connectivity index (χ0v) is 7.54. The highest BCUT2D eigenvalue weighted by Crippen LogP contribution is 2.14. The van der Waals surface area contributed by atoms with Crippen LogP contribution in [0.5, 0.6) is 0 Å². The molecule has 2 nitrogen and oxygen atoms in total. The average molecular weight is 179 g/mol. The molecule has 1 aromatic heterocycles. The summed E-state index contributed by atoms with van der Waals surface area (Å²) >= 11 is 0. The lowest BCUT2D eigenvalue weighted by Gasteiger charge is -1.97. The van der Waals surface area contributed by atoms with E-state index in [1.807, 2.05) is 36.5 Å². The van der Waals surface area contributed by atoms with Crippen LogP contribution < -0.4 is 0 Å². The highest BCUT2D eigenvalue weighted by Gasteiger charge is 2.00. The van der Waals surface area contributed by atoms with Crippen LogP contribution in [0.1, 0.15) is 0 Å². The molecule has 0 saturated heterocycles. The van der Waals surface area contributed by atoms with E-state index < -0.39 is 11.0 Å². The van der Waals surface area contributed by atoms with E-state index in [0.717, 1.165) is 10.9 Å². The molecule has 2 aromatic rings. The standard InChI is InChI=1S/C9H9NOS/c1-12(11)10-7-6-8-4-2-3-5-9(8)10/h2-7H,1H3. The third kappa shape index (κ3) is 1.06. The van der Waals surface area contributed by atoms with Crippen molar-refractivity contribution in [3.05, 3.63) is 36.5 Å². The molecule has 1 atom stereocenters. The first-order valence-corrected chi connectivity index (χ1v) is 5.20. The Hall–Kier alpha value is -1.09. The quantitative estimate of drug-likeness (QED) is 0.654.